The van der Waals surface area contributed by atoms with Gasteiger partial charge in [-0.05, 0) is 25.1 Å². The lowest BCUT2D eigenvalue weighted by atomic mass is 10.1. The molecule has 0 radical (unpaired) electrons. The topological polar surface area (TPSA) is 37.0 Å². The quantitative estimate of drug-likeness (QED) is 0.693. The summed E-state index contributed by atoms with van der Waals surface area (Å²) in [6.07, 6.45) is 4.92. The Morgan fingerprint density at radius 1 is 1.67 bits per heavy atom. The van der Waals surface area contributed by atoms with Crippen LogP contribution in [-0.4, -0.2) is 24.1 Å². The molecule has 2 rings (SSSR count). The third-order valence-corrected chi connectivity index (χ3v) is 2.14. The van der Waals surface area contributed by atoms with E-state index >= 15 is 0 Å². The van der Waals surface area contributed by atoms with Crippen LogP contribution in [-0.2, 0) is 0 Å². The summed E-state index contributed by atoms with van der Waals surface area (Å²) in [5, 5.41) is 6.65. The van der Waals surface area contributed by atoms with Crippen LogP contribution in [0.3, 0.4) is 0 Å². The Morgan fingerprint density at radius 3 is 3.17 bits per heavy atom. The summed E-state index contributed by atoms with van der Waals surface area (Å²) in [6.45, 7) is 2.17. The van der Waals surface area contributed by atoms with Crippen LogP contribution >= 0.6 is 0 Å². The fraction of sp³-hybridized carbons (Fsp3) is 0.444. The van der Waals surface area contributed by atoms with Gasteiger partial charge in [0, 0.05) is 25.0 Å². The molecule has 0 spiro atoms. The van der Waals surface area contributed by atoms with Gasteiger partial charge >= 0.3 is 0 Å². The van der Waals surface area contributed by atoms with E-state index in [2.05, 4.69) is 15.6 Å². The summed E-state index contributed by atoms with van der Waals surface area (Å²) in [5.74, 6) is 0. The molecule has 1 aromatic heterocycles. The molecule has 12 heavy (non-hydrogen) atoms. The molecule has 0 amide bonds. The number of rotatable bonds is 3. The number of aromatic nitrogens is 1. The molecule has 1 aliphatic heterocycles. The average molecular weight is 163 g/mol. The second-order valence-electron chi connectivity index (χ2n) is 3.06. The lowest BCUT2D eigenvalue weighted by Crippen LogP contribution is -2.47. The summed E-state index contributed by atoms with van der Waals surface area (Å²) < 4.78 is 0. The third kappa shape index (κ3) is 1.74. The van der Waals surface area contributed by atoms with E-state index in [4.69, 9.17) is 0 Å². The van der Waals surface area contributed by atoms with Crippen LogP contribution in [0.2, 0.25) is 0 Å². The maximum Gasteiger partial charge on any atom is 0.0527 e. The zero-order valence-electron chi connectivity index (χ0n) is 6.96. The standard InChI is InChI=1S/C9H13N3/c1-2-8(6-10-4-1)12-7-9-3-5-11-9/h1-2,4,6,9,11-12H,3,5,7H2/t9-/m0/s1. The SMILES string of the molecule is c1cncc(NC[C@@H]2CCN2)c1. The fourth-order valence-corrected chi connectivity index (χ4v) is 1.23. The molecule has 1 aromatic rings. The van der Waals surface area contributed by atoms with E-state index in [9.17, 15) is 0 Å². The van der Waals surface area contributed by atoms with Crippen molar-refractivity contribution in [3.8, 4) is 0 Å². The smallest absolute Gasteiger partial charge is 0.0527 e. The molecule has 1 fully saturated rings. The number of pyridine rings is 1. The molecule has 1 saturated heterocycles. The van der Waals surface area contributed by atoms with Gasteiger partial charge in [0.05, 0.1) is 5.69 Å². The number of hydrogen-bond acceptors (Lipinski definition) is 3. The molecule has 2 heterocycles. The predicted molar refractivity (Wildman–Crippen MR) is 49.1 cm³/mol. The molecule has 64 valence electrons. The highest BCUT2D eigenvalue weighted by molar-refractivity contribution is 5.39. The molecule has 2 N–H and O–H groups in total. The van der Waals surface area contributed by atoms with Crippen molar-refractivity contribution in [3.63, 3.8) is 0 Å². The molecule has 0 saturated carbocycles. The molecular weight excluding hydrogens is 150 g/mol. The molecule has 0 unspecified atom stereocenters. The van der Waals surface area contributed by atoms with Crippen molar-refractivity contribution in [1.82, 2.24) is 10.3 Å². The Hall–Kier alpha value is -1.09. The minimum atomic E-state index is 0.658. The summed E-state index contributed by atoms with van der Waals surface area (Å²) in [7, 11) is 0. The first-order valence-electron chi connectivity index (χ1n) is 4.32. The van der Waals surface area contributed by atoms with Crippen molar-refractivity contribution in [1.29, 1.82) is 0 Å². The van der Waals surface area contributed by atoms with Crippen LogP contribution in [0.25, 0.3) is 0 Å². The van der Waals surface area contributed by atoms with Gasteiger partial charge in [-0.2, -0.15) is 0 Å². The fourth-order valence-electron chi connectivity index (χ4n) is 1.23. The van der Waals surface area contributed by atoms with E-state index in [-0.39, 0.29) is 0 Å². The number of anilines is 1. The molecule has 0 aromatic carbocycles. The van der Waals surface area contributed by atoms with Crippen LogP contribution in [0.1, 0.15) is 6.42 Å². The molecule has 0 aliphatic carbocycles. The minimum Gasteiger partial charge on any atom is -0.382 e. The maximum absolute atomic E-state index is 4.02. The minimum absolute atomic E-state index is 0.658. The van der Waals surface area contributed by atoms with Crippen LogP contribution in [0.5, 0.6) is 0 Å². The molecule has 1 atom stereocenters. The highest BCUT2D eigenvalue weighted by atomic mass is 15.0. The lowest BCUT2D eigenvalue weighted by Gasteiger charge is -2.27. The molecule has 1 aliphatic rings. The maximum atomic E-state index is 4.02. The Morgan fingerprint density at radius 2 is 2.58 bits per heavy atom. The average Bonchev–Trinajstić information content (AvgIpc) is 2.04. The highest BCUT2D eigenvalue weighted by Gasteiger charge is 2.14. The predicted octanol–water partition coefficient (Wildman–Crippen LogP) is 0.855. The zero-order chi connectivity index (χ0) is 8.23. The van der Waals surface area contributed by atoms with Crippen LogP contribution in [0.4, 0.5) is 5.69 Å². The monoisotopic (exact) mass is 163 g/mol. The van der Waals surface area contributed by atoms with Gasteiger partial charge < -0.3 is 10.6 Å². The van der Waals surface area contributed by atoms with E-state index in [1.54, 1.807) is 6.20 Å². The van der Waals surface area contributed by atoms with E-state index in [1.165, 1.54) is 13.0 Å². The van der Waals surface area contributed by atoms with Gasteiger partial charge in [0.1, 0.15) is 0 Å². The van der Waals surface area contributed by atoms with Crippen molar-refractivity contribution in [3.05, 3.63) is 24.5 Å². The van der Waals surface area contributed by atoms with E-state index in [1.807, 2.05) is 18.3 Å². The first-order valence-corrected chi connectivity index (χ1v) is 4.32. The molecule has 3 heteroatoms. The summed E-state index contributed by atoms with van der Waals surface area (Å²) in [5.41, 5.74) is 1.10. The molecule has 0 bridgehead atoms. The van der Waals surface area contributed by atoms with Gasteiger partial charge in [-0.1, -0.05) is 0 Å². The van der Waals surface area contributed by atoms with Crippen molar-refractivity contribution in [2.75, 3.05) is 18.4 Å². The van der Waals surface area contributed by atoms with Crippen molar-refractivity contribution in [2.45, 2.75) is 12.5 Å². The molecule has 3 nitrogen and oxygen atoms in total. The highest BCUT2D eigenvalue weighted by Crippen LogP contribution is 2.06. The Bertz CT molecular complexity index is 231. The first kappa shape index (κ1) is 7.55. The summed E-state index contributed by atoms with van der Waals surface area (Å²) in [6, 6.07) is 4.63. The number of hydrogen-bond donors (Lipinski definition) is 2. The molecular formula is C9H13N3. The van der Waals surface area contributed by atoms with Crippen LogP contribution < -0.4 is 10.6 Å². The van der Waals surface area contributed by atoms with E-state index < -0.39 is 0 Å². The van der Waals surface area contributed by atoms with E-state index in [0.717, 1.165) is 12.2 Å². The number of nitrogens with zero attached hydrogens (tertiary/aromatic N) is 1. The normalized spacial score (nSPS) is 21.5. The van der Waals surface area contributed by atoms with Crippen molar-refractivity contribution >= 4 is 5.69 Å². The third-order valence-electron chi connectivity index (χ3n) is 2.14. The zero-order valence-corrected chi connectivity index (χ0v) is 6.96. The lowest BCUT2D eigenvalue weighted by molar-refractivity contribution is 0.387. The second-order valence-corrected chi connectivity index (χ2v) is 3.06. The van der Waals surface area contributed by atoms with Gasteiger partial charge in [-0.25, -0.2) is 0 Å². The van der Waals surface area contributed by atoms with Gasteiger partial charge in [-0.15, -0.1) is 0 Å². The van der Waals surface area contributed by atoms with Gasteiger partial charge in [-0.3, -0.25) is 4.98 Å². The Balaban J connectivity index is 1.79. The summed E-state index contributed by atoms with van der Waals surface area (Å²) >= 11 is 0. The van der Waals surface area contributed by atoms with Crippen LogP contribution in [0.15, 0.2) is 24.5 Å². The van der Waals surface area contributed by atoms with Gasteiger partial charge in [0.25, 0.3) is 0 Å². The van der Waals surface area contributed by atoms with Crippen LogP contribution in [0, 0.1) is 0 Å². The van der Waals surface area contributed by atoms with Crippen molar-refractivity contribution in [2.24, 2.45) is 0 Å². The Kier molecular flexibility index (Phi) is 2.23. The first-order chi connectivity index (χ1) is 5.95. The van der Waals surface area contributed by atoms with Crippen molar-refractivity contribution < 1.29 is 0 Å². The Labute approximate surface area is 72.2 Å². The summed E-state index contributed by atoms with van der Waals surface area (Å²) in [4.78, 5) is 4.02. The van der Waals surface area contributed by atoms with Gasteiger partial charge in [0.15, 0.2) is 0 Å². The largest absolute Gasteiger partial charge is 0.382 e. The van der Waals surface area contributed by atoms with Gasteiger partial charge in [0.2, 0.25) is 0 Å². The second kappa shape index (κ2) is 3.54. The van der Waals surface area contributed by atoms with E-state index in [0.29, 0.717) is 6.04 Å². The number of nitrogens with one attached hydrogen (secondary N) is 2.